The predicted octanol–water partition coefficient (Wildman–Crippen LogP) is 5.05. The fourth-order valence-electron chi connectivity index (χ4n) is 2.06. The Bertz CT molecular complexity index is 520. The van der Waals surface area contributed by atoms with Gasteiger partial charge in [-0.05, 0) is 41.7 Å². The molecule has 0 amide bonds. The Hall–Kier alpha value is -1.02. The molecule has 2 rings (SSSR count). The van der Waals surface area contributed by atoms with Gasteiger partial charge in [-0.3, -0.25) is 0 Å². The van der Waals surface area contributed by atoms with Crippen molar-refractivity contribution in [1.82, 2.24) is 0 Å². The zero-order chi connectivity index (χ0) is 14.4. The molecule has 0 radical (unpaired) electrons. The Morgan fingerprint density at radius 1 is 0.950 bits per heavy atom. The number of halogens is 2. The second-order valence-corrected chi connectivity index (χ2v) is 5.75. The molecule has 0 aliphatic carbocycles. The highest BCUT2D eigenvalue weighted by Crippen LogP contribution is 2.26. The summed E-state index contributed by atoms with van der Waals surface area (Å²) in [6.45, 7) is 0.744. The maximum atomic E-state index is 6.48. The van der Waals surface area contributed by atoms with Crippen LogP contribution in [0.2, 0.25) is 5.02 Å². The van der Waals surface area contributed by atoms with Crippen molar-refractivity contribution in [1.29, 1.82) is 0 Å². The Morgan fingerprint density at radius 3 is 2.15 bits per heavy atom. The molecule has 0 heterocycles. The first-order chi connectivity index (χ1) is 9.69. The minimum absolute atomic E-state index is 0.0207. The third-order valence-electron chi connectivity index (χ3n) is 3.26. The fourth-order valence-corrected chi connectivity index (χ4v) is 2.51. The van der Waals surface area contributed by atoms with E-state index in [9.17, 15) is 0 Å². The molecule has 0 aliphatic heterocycles. The molecule has 0 aliphatic rings. The van der Waals surface area contributed by atoms with Crippen LogP contribution in [0.1, 0.15) is 22.1 Å². The topological polar surface area (TPSA) is 9.23 Å². The van der Waals surface area contributed by atoms with Crippen molar-refractivity contribution in [2.45, 2.75) is 18.2 Å². The monoisotopic (exact) mass is 308 g/mol. The third kappa shape index (κ3) is 4.52. The molecule has 20 heavy (non-hydrogen) atoms. The van der Waals surface area contributed by atoms with Crippen LogP contribution in [0.15, 0.2) is 48.5 Å². The molecule has 0 saturated heterocycles. The van der Waals surface area contributed by atoms with Gasteiger partial charge in [-0.2, -0.15) is 0 Å². The van der Waals surface area contributed by atoms with Crippen LogP contribution in [0.5, 0.6) is 0 Å². The lowest BCUT2D eigenvalue weighted by Crippen LogP contribution is -1.98. The van der Waals surface area contributed by atoms with Gasteiger partial charge in [-0.1, -0.05) is 48.0 Å². The van der Waals surface area contributed by atoms with E-state index < -0.39 is 0 Å². The summed E-state index contributed by atoms with van der Waals surface area (Å²) in [5, 5.41) is 0.731. The molecule has 0 bridgehead atoms. The molecule has 1 nitrogen and oxygen atoms in total. The molecule has 3 heteroatoms. The molecular formula is C17H18Cl2O. The van der Waals surface area contributed by atoms with Crippen LogP contribution in [0.4, 0.5) is 0 Å². The van der Waals surface area contributed by atoms with E-state index in [0.29, 0.717) is 0 Å². The summed E-state index contributed by atoms with van der Waals surface area (Å²) < 4.78 is 5.08. The Labute approximate surface area is 130 Å². The molecule has 0 fully saturated rings. The molecule has 1 unspecified atom stereocenters. The SMILES string of the molecule is COCCc1ccc(C(Cl)Cc2ccc(Cl)cc2)cc1. The lowest BCUT2D eigenvalue weighted by Gasteiger charge is -2.11. The summed E-state index contributed by atoms with van der Waals surface area (Å²) in [6, 6.07) is 16.3. The summed E-state index contributed by atoms with van der Waals surface area (Å²) in [5.41, 5.74) is 3.60. The third-order valence-corrected chi connectivity index (χ3v) is 3.92. The van der Waals surface area contributed by atoms with Crippen LogP contribution in [0, 0.1) is 0 Å². The summed E-state index contributed by atoms with van der Waals surface area (Å²) >= 11 is 12.4. The molecule has 0 saturated carbocycles. The van der Waals surface area contributed by atoms with E-state index in [1.807, 2.05) is 24.3 Å². The van der Waals surface area contributed by atoms with E-state index in [2.05, 4.69) is 24.3 Å². The van der Waals surface area contributed by atoms with Crippen LogP contribution in [-0.2, 0) is 17.6 Å². The predicted molar refractivity (Wildman–Crippen MR) is 85.8 cm³/mol. The number of hydrogen-bond donors (Lipinski definition) is 0. The van der Waals surface area contributed by atoms with Crippen molar-refractivity contribution in [3.8, 4) is 0 Å². The minimum atomic E-state index is -0.0207. The Balaban J connectivity index is 1.98. The van der Waals surface area contributed by atoms with Crippen LogP contribution in [-0.4, -0.2) is 13.7 Å². The Morgan fingerprint density at radius 2 is 1.55 bits per heavy atom. The van der Waals surface area contributed by atoms with Gasteiger partial charge in [-0.25, -0.2) is 0 Å². The van der Waals surface area contributed by atoms with Gasteiger partial charge < -0.3 is 4.74 Å². The number of hydrogen-bond acceptors (Lipinski definition) is 1. The van der Waals surface area contributed by atoms with Gasteiger partial charge >= 0.3 is 0 Å². The van der Waals surface area contributed by atoms with Crippen LogP contribution in [0.3, 0.4) is 0 Å². The maximum absolute atomic E-state index is 6.48. The molecule has 2 aromatic rings. The highest BCUT2D eigenvalue weighted by Gasteiger charge is 2.09. The standard InChI is InChI=1S/C17H18Cl2O/c1-20-11-10-13-2-6-15(7-3-13)17(19)12-14-4-8-16(18)9-5-14/h2-9,17H,10-12H2,1H3. The van der Waals surface area contributed by atoms with Gasteiger partial charge in [0.25, 0.3) is 0 Å². The van der Waals surface area contributed by atoms with Crippen LogP contribution < -0.4 is 0 Å². The number of alkyl halides is 1. The van der Waals surface area contributed by atoms with Gasteiger partial charge in [0.15, 0.2) is 0 Å². The fraction of sp³-hybridized carbons (Fsp3) is 0.294. The lowest BCUT2D eigenvalue weighted by atomic mass is 10.0. The van der Waals surface area contributed by atoms with E-state index in [1.54, 1.807) is 7.11 Å². The molecule has 0 spiro atoms. The van der Waals surface area contributed by atoms with E-state index in [-0.39, 0.29) is 5.38 Å². The number of ether oxygens (including phenoxy) is 1. The summed E-state index contributed by atoms with van der Waals surface area (Å²) in [6.07, 6.45) is 1.73. The maximum Gasteiger partial charge on any atom is 0.0625 e. The zero-order valence-corrected chi connectivity index (χ0v) is 13.0. The summed E-state index contributed by atoms with van der Waals surface area (Å²) in [4.78, 5) is 0. The van der Waals surface area contributed by atoms with E-state index in [1.165, 1.54) is 11.1 Å². The first-order valence-electron chi connectivity index (χ1n) is 6.65. The second-order valence-electron chi connectivity index (χ2n) is 4.78. The normalized spacial score (nSPS) is 12.3. The van der Waals surface area contributed by atoms with Crippen molar-refractivity contribution < 1.29 is 4.74 Å². The van der Waals surface area contributed by atoms with E-state index >= 15 is 0 Å². The van der Waals surface area contributed by atoms with Crippen LogP contribution >= 0.6 is 23.2 Å². The molecule has 106 valence electrons. The van der Waals surface area contributed by atoms with E-state index in [0.717, 1.165) is 30.0 Å². The average Bonchev–Trinajstić information content (AvgIpc) is 2.48. The number of benzene rings is 2. The molecule has 2 aromatic carbocycles. The minimum Gasteiger partial charge on any atom is -0.384 e. The number of methoxy groups -OCH3 is 1. The van der Waals surface area contributed by atoms with Crippen molar-refractivity contribution in [3.05, 3.63) is 70.2 Å². The molecule has 0 aromatic heterocycles. The largest absolute Gasteiger partial charge is 0.384 e. The highest BCUT2D eigenvalue weighted by atomic mass is 35.5. The quantitative estimate of drug-likeness (QED) is 0.678. The zero-order valence-electron chi connectivity index (χ0n) is 11.5. The average molecular weight is 309 g/mol. The summed E-state index contributed by atoms with van der Waals surface area (Å²) in [5.74, 6) is 0. The Kier molecular flexibility index (Phi) is 5.90. The van der Waals surface area contributed by atoms with Gasteiger partial charge in [0.1, 0.15) is 0 Å². The smallest absolute Gasteiger partial charge is 0.0625 e. The lowest BCUT2D eigenvalue weighted by molar-refractivity contribution is 0.202. The first-order valence-corrected chi connectivity index (χ1v) is 7.47. The summed E-state index contributed by atoms with van der Waals surface area (Å²) in [7, 11) is 1.72. The van der Waals surface area contributed by atoms with Crippen molar-refractivity contribution in [3.63, 3.8) is 0 Å². The second kappa shape index (κ2) is 7.68. The van der Waals surface area contributed by atoms with Gasteiger partial charge in [-0.15, -0.1) is 11.6 Å². The molecule has 0 N–H and O–H groups in total. The molecule has 1 atom stereocenters. The number of rotatable bonds is 6. The van der Waals surface area contributed by atoms with Crippen molar-refractivity contribution in [2.75, 3.05) is 13.7 Å². The van der Waals surface area contributed by atoms with Gasteiger partial charge in [0, 0.05) is 12.1 Å². The van der Waals surface area contributed by atoms with Crippen molar-refractivity contribution in [2.24, 2.45) is 0 Å². The highest BCUT2D eigenvalue weighted by molar-refractivity contribution is 6.30. The van der Waals surface area contributed by atoms with Gasteiger partial charge in [0.05, 0.1) is 12.0 Å². The van der Waals surface area contributed by atoms with Crippen LogP contribution in [0.25, 0.3) is 0 Å². The van der Waals surface area contributed by atoms with Gasteiger partial charge in [0.2, 0.25) is 0 Å². The first kappa shape index (κ1) is 15.4. The van der Waals surface area contributed by atoms with E-state index in [4.69, 9.17) is 27.9 Å². The molecular weight excluding hydrogens is 291 g/mol. The van der Waals surface area contributed by atoms with Crippen molar-refractivity contribution >= 4 is 23.2 Å².